The maximum absolute atomic E-state index is 13.0. The number of fused-ring (bicyclic) bond motifs is 1. The fourth-order valence-electron chi connectivity index (χ4n) is 3.18. The Morgan fingerprint density at radius 3 is 2.59 bits per heavy atom. The molecule has 2 aromatic rings. The van der Waals surface area contributed by atoms with Gasteiger partial charge in [-0.05, 0) is 41.8 Å². The molecule has 27 heavy (non-hydrogen) atoms. The van der Waals surface area contributed by atoms with Crippen molar-refractivity contribution in [3.8, 4) is 11.5 Å². The number of carbonyl (C=O) groups excluding carboxylic acids is 1. The van der Waals surface area contributed by atoms with E-state index in [0.29, 0.717) is 43.4 Å². The Labute approximate surface area is 159 Å². The molecule has 0 unspecified atom stereocenters. The SMILES string of the molecule is COCCNc1cc(C(=O)N2CCc3cc(OC)c(OC)cc3C2)ccn1. The molecule has 7 nitrogen and oxygen atoms in total. The van der Waals surface area contributed by atoms with E-state index in [-0.39, 0.29) is 5.91 Å². The number of carbonyl (C=O) groups is 1. The molecule has 1 aromatic carbocycles. The molecule has 1 aliphatic heterocycles. The zero-order chi connectivity index (χ0) is 19.2. The van der Waals surface area contributed by atoms with Crippen molar-refractivity contribution < 1.29 is 19.0 Å². The first-order valence-electron chi connectivity index (χ1n) is 8.88. The number of amides is 1. The zero-order valence-corrected chi connectivity index (χ0v) is 15.9. The van der Waals surface area contributed by atoms with E-state index in [1.54, 1.807) is 39.7 Å². The first kappa shape index (κ1) is 19.0. The number of aromatic nitrogens is 1. The van der Waals surface area contributed by atoms with Gasteiger partial charge in [-0.2, -0.15) is 0 Å². The van der Waals surface area contributed by atoms with Gasteiger partial charge in [0.15, 0.2) is 11.5 Å². The molecule has 3 rings (SSSR count). The molecule has 0 spiro atoms. The number of nitrogens with zero attached hydrogens (tertiary/aromatic N) is 2. The second kappa shape index (κ2) is 8.73. The van der Waals surface area contributed by atoms with Crippen LogP contribution in [-0.4, -0.2) is 56.8 Å². The highest BCUT2D eigenvalue weighted by molar-refractivity contribution is 5.95. The Bertz CT molecular complexity index is 810. The summed E-state index contributed by atoms with van der Waals surface area (Å²) in [4.78, 5) is 19.1. The fourth-order valence-corrected chi connectivity index (χ4v) is 3.18. The van der Waals surface area contributed by atoms with Crippen molar-refractivity contribution >= 4 is 11.7 Å². The van der Waals surface area contributed by atoms with Crippen molar-refractivity contribution in [3.63, 3.8) is 0 Å². The summed E-state index contributed by atoms with van der Waals surface area (Å²) in [7, 11) is 4.89. The molecule has 0 saturated heterocycles. The number of nitrogens with one attached hydrogen (secondary N) is 1. The molecular weight excluding hydrogens is 346 g/mol. The Morgan fingerprint density at radius 1 is 1.15 bits per heavy atom. The van der Waals surface area contributed by atoms with Crippen LogP contribution in [-0.2, 0) is 17.7 Å². The predicted molar refractivity (Wildman–Crippen MR) is 103 cm³/mol. The van der Waals surface area contributed by atoms with Crippen LogP contribution in [0.4, 0.5) is 5.82 Å². The van der Waals surface area contributed by atoms with Crippen LogP contribution in [0.25, 0.3) is 0 Å². The van der Waals surface area contributed by atoms with E-state index < -0.39 is 0 Å². The molecule has 144 valence electrons. The molecular formula is C20H25N3O4. The predicted octanol–water partition coefficient (Wildman–Crippen LogP) is 2.36. The van der Waals surface area contributed by atoms with Gasteiger partial charge in [0.25, 0.3) is 5.91 Å². The van der Waals surface area contributed by atoms with Gasteiger partial charge in [0.05, 0.1) is 20.8 Å². The highest BCUT2D eigenvalue weighted by Gasteiger charge is 2.24. The lowest BCUT2D eigenvalue weighted by Gasteiger charge is -2.29. The largest absolute Gasteiger partial charge is 0.493 e. The standard InChI is InChI=1S/C20H25N3O4/c1-25-9-7-22-19-12-15(4-6-21-19)20(24)23-8-5-14-10-17(26-2)18(27-3)11-16(14)13-23/h4,6,10-12H,5,7-9,13H2,1-3H3,(H,21,22). The van der Waals surface area contributed by atoms with Crippen molar-refractivity contribution in [2.45, 2.75) is 13.0 Å². The Kier molecular flexibility index (Phi) is 6.13. The van der Waals surface area contributed by atoms with Crippen molar-refractivity contribution in [2.24, 2.45) is 0 Å². The number of hydrogen-bond acceptors (Lipinski definition) is 6. The van der Waals surface area contributed by atoms with Crippen LogP contribution in [0.2, 0.25) is 0 Å². The van der Waals surface area contributed by atoms with Gasteiger partial charge in [0, 0.05) is 38.5 Å². The molecule has 1 N–H and O–H groups in total. The number of methoxy groups -OCH3 is 3. The van der Waals surface area contributed by atoms with E-state index in [0.717, 1.165) is 17.7 Å². The van der Waals surface area contributed by atoms with Gasteiger partial charge in [0.1, 0.15) is 5.82 Å². The molecule has 1 aliphatic rings. The van der Waals surface area contributed by atoms with Crippen LogP contribution < -0.4 is 14.8 Å². The lowest BCUT2D eigenvalue weighted by molar-refractivity contribution is 0.0734. The van der Waals surface area contributed by atoms with Crippen molar-refractivity contribution in [1.29, 1.82) is 0 Å². The summed E-state index contributed by atoms with van der Waals surface area (Å²) in [5.41, 5.74) is 2.89. The monoisotopic (exact) mass is 371 g/mol. The average molecular weight is 371 g/mol. The molecule has 2 heterocycles. The number of rotatable bonds is 7. The number of anilines is 1. The van der Waals surface area contributed by atoms with Crippen LogP contribution >= 0.6 is 0 Å². The van der Waals surface area contributed by atoms with Crippen LogP contribution in [0.15, 0.2) is 30.5 Å². The Balaban J connectivity index is 1.75. The smallest absolute Gasteiger partial charge is 0.254 e. The summed E-state index contributed by atoms with van der Waals surface area (Å²) in [6.07, 6.45) is 2.43. The van der Waals surface area contributed by atoms with Crippen molar-refractivity contribution in [2.75, 3.05) is 46.3 Å². The van der Waals surface area contributed by atoms with E-state index in [1.165, 1.54) is 5.56 Å². The quantitative estimate of drug-likeness (QED) is 0.754. The Morgan fingerprint density at radius 2 is 1.89 bits per heavy atom. The number of ether oxygens (including phenoxy) is 3. The van der Waals surface area contributed by atoms with E-state index >= 15 is 0 Å². The summed E-state index contributed by atoms with van der Waals surface area (Å²) in [6, 6.07) is 7.48. The van der Waals surface area contributed by atoms with Gasteiger partial charge in [0.2, 0.25) is 0 Å². The lowest BCUT2D eigenvalue weighted by Crippen LogP contribution is -2.36. The van der Waals surface area contributed by atoms with E-state index in [2.05, 4.69) is 10.3 Å². The van der Waals surface area contributed by atoms with Gasteiger partial charge in [-0.3, -0.25) is 4.79 Å². The number of pyridine rings is 1. The summed E-state index contributed by atoms with van der Waals surface area (Å²) in [6.45, 7) is 2.42. The molecule has 0 bridgehead atoms. The van der Waals surface area contributed by atoms with Crippen LogP contribution in [0, 0.1) is 0 Å². The first-order valence-corrected chi connectivity index (χ1v) is 8.88. The zero-order valence-electron chi connectivity index (χ0n) is 15.9. The van der Waals surface area contributed by atoms with Gasteiger partial charge in [-0.25, -0.2) is 4.98 Å². The maximum atomic E-state index is 13.0. The second-order valence-corrected chi connectivity index (χ2v) is 6.30. The minimum absolute atomic E-state index is 0.00683. The maximum Gasteiger partial charge on any atom is 0.254 e. The summed E-state index contributed by atoms with van der Waals surface area (Å²) < 4.78 is 15.8. The third-order valence-corrected chi connectivity index (χ3v) is 4.62. The summed E-state index contributed by atoms with van der Waals surface area (Å²) >= 11 is 0. The van der Waals surface area contributed by atoms with Crippen LogP contribution in [0.5, 0.6) is 11.5 Å². The highest BCUT2D eigenvalue weighted by atomic mass is 16.5. The molecule has 0 atom stereocenters. The van der Waals surface area contributed by atoms with Crippen molar-refractivity contribution in [3.05, 3.63) is 47.2 Å². The topological polar surface area (TPSA) is 72.9 Å². The molecule has 0 fully saturated rings. The van der Waals surface area contributed by atoms with Gasteiger partial charge in [-0.15, -0.1) is 0 Å². The average Bonchev–Trinajstić information content (AvgIpc) is 2.72. The molecule has 1 aromatic heterocycles. The number of hydrogen-bond donors (Lipinski definition) is 1. The highest BCUT2D eigenvalue weighted by Crippen LogP contribution is 2.33. The first-order chi connectivity index (χ1) is 13.2. The fraction of sp³-hybridized carbons (Fsp3) is 0.400. The van der Waals surface area contributed by atoms with E-state index in [9.17, 15) is 4.79 Å². The van der Waals surface area contributed by atoms with Crippen LogP contribution in [0.1, 0.15) is 21.5 Å². The third-order valence-electron chi connectivity index (χ3n) is 4.62. The second-order valence-electron chi connectivity index (χ2n) is 6.30. The molecule has 7 heteroatoms. The third kappa shape index (κ3) is 4.31. The molecule has 0 radical (unpaired) electrons. The van der Waals surface area contributed by atoms with Crippen molar-refractivity contribution in [1.82, 2.24) is 9.88 Å². The minimum Gasteiger partial charge on any atom is -0.493 e. The lowest BCUT2D eigenvalue weighted by atomic mass is 9.98. The van der Waals surface area contributed by atoms with Crippen LogP contribution in [0.3, 0.4) is 0 Å². The summed E-state index contributed by atoms with van der Waals surface area (Å²) in [5.74, 6) is 2.06. The van der Waals surface area contributed by atoms with Gasteiger partial charge in [-0.1, -0.05) is 0 Å². The summed E-state index contributed by atoms with van der Waals surface area (Å²) in [5, 5.41) is 3.15. The molecule has 0 aliphatic carbocycles. The molecule has 0 saturated carbocycles. The van der Waals surface area contributed by atoms with Gasteiger partial charge >= 0.3 is 0 Å². The molecule has 1 amide bonds. The van der Waals surface area contributed by atoms with Gasteiger partial charge < -0.3 is 24.4 Å². The number of benzene rings is 1. The van der Waals surface area contributed by atoms with E-state index in [1.807, 2.05) is 17.0 Å². The Hall–Kier alpha value is -2.80. The normalized spacial score (nSPS) is 13.1. The minimum atomic E-state index is -0.00683. The van der Waals surface area contributed by atoms with E-state index in [4.69, 9.17) is 14.2 Å².